The van der Waals surface area contributed by atoms with Crippen LogP contribution in [-0.2, 0) is 0 Å². The van der Waals surface area contributed by atoms with Gasteiger partial charge in [-0.3, -0.25) is 0 Å². The third-order valence-electron chi connectivity index (χ3n) is 3.78. The van der Waals surface area contributed by atoms with Crippen LogP contribution in [0.3, 0.4) is 0 Å². The lowest BCUT2D eigenvalue weighted by Crippen LogP contribution is -2.36. The van der Waals surface area contributed by atoms with E-state index in [1.165, 1.54) is 5.56 Å². The van der Waals surface area contributed by atoms with Gasteiger partial charge in [-0.2, -0.15) is 0 Å². The van der Waals surface area contributed by atoms with Gasteiger partial charge in [-0.25, -0.2) is 0 Å². The Hall–Kier alpha value is -1.26. The highest BCUT2D eigenvalue weighted by Gasteiger charge is 2.18. The van der Waals surface area contributed by atoms with Gasteiger partial charge in [-0.15, -0.1) is 0 Å². The Balaban J connectivity index is 2.06. The van der Waals surface area contributed by atoms with Crippen molar-refractivity contribution in [3.05, 3.63) is 23.8 Å². The molecular weight excluding hydrogens is 254 g/mol. The molecule has 1 aliphatic heterocycles. The van der Waals surface area contributed by atoms with Crippen molar-refractivity contribution in [2.45, 2.75) is 39.3 Å². The molecule has 1 aromatic carbocycles. The normalized spacial score (nSPS) is 17.1. The minimum absolute atomic E-state index is 0.212. The zero-order valence-electron chi connectivity index (χ0n) is 12.6. The summed E-state index contributed by atoms with van der Waals surface area (Å²) in [5.74, 6) is 2.13. The lowest BCUT2D eigenvalue weighted by Gasteiger charge is -2.27. The van der Waals surface area contributed by atoms with Crippen LogP contribution in [0.5, 0.6) is 11.5 Å². The highest BCUT2D eigenvalue weighted by Crippen LogP contribution is 2.32. The van der Waals surface area contributed by atoms with Crippen molar-refractivity contribution < 1.29 is 14.6 Å². The maximum absolute atomic E-state index is 9.15. The molecule has 0 fully saturated rings. The van der Waals surface area contributed by atoms with Crippen molar-refractivity contribution in [2.75, 3.05) is 19.8 Å². The molecule has 2 atom stereocenters. The average Bonchev–Trinajstić information content (AvgIpc) is 2.46. The van der Waals surface area contributed by atoms with Crippen LogP contribution in [0.15, 0.2) is 18.2 Å². The number of fused-ring (bicyclic) bond motifs is 1. The van der Waals surface area contributed by atoms with E-state index in [-0.39, 0.29) is 12.6 Å². The average molecular weight is 279 g/mol. The van der Waals surface area contributed by atoms with E-state index in [9.17, 15) is 0 Å². The van der Waals surface area contributed by atoms with E-state index in [0.29, 0.717) is 25.2 Å². The molecule has 112 valence electrons. The molecule has 2 unspecified atom stereocenters. The second-order valence-corrected chi connectivity index (χ2v) is 5.65. The maximum Gasteiger partial charge on any atom is 0.161 e. The van der Waals surface area contributed by atoms with Gasteiger partial charge in [0.1, 0.15) is 13.2 Å². The van der Waals surface area contributed by atoms with E-state index >= 15 is 0 Å². The molecule has 0 spiro atoms. The number of hydrogen-bond donors (Lipinski definition) is 2. The Morgan fingerprint density at radius 3 is 2.50 bits per heavy atom. The van der Waals surface area contributed by atoms with E-state index in [0.717, 1.165) is 17.9 Å². The fourth-order valence-corrected chi connectivity index (χ4v) is 2.49. The molecule has 0 amide bonds. The van der Waals surface area contributed by atoms with Crippen LogP contribution >= 0.6 is 0 Å². The SMILES string of the molecule is CC(NC(CCO)C(C)C)c1ccc2c(c1)OCCO2. The first kappa shape index (κ1) is 15.1. The van der Waals surface area contributed by atoms with Crippen LogP contribution in [0.1, 0.15) is 38.8 Å². The Morgan fingerprint density at radius 1 is 1.15 bits per heavy atom. The molecule has 4 heteroatoms. The quantitative estimate of drug-likeness (QED) is 0.840. The van der Waals surface area contributed by atoms with Crippen molar-refractivity contribution >= 4 is 0 Å². The second-order valence-electron chi connectivity index (χ2n) is 5.65. The third-order valence-corrected chi connectivity index (χ3v) is 3.78. The molecule has 20 heavy (non-hydrogen) atoms. The monoisotopic (exact) mass is 279 g/mol. The number of hydrogen-bond acceptors (Lipinski definition) is 4. The molecule has 1 aromatic rings. The molecule has 1 heterocycles. The van der Waals surface area contributed by atoms with Crippen molar-refractivity contribution in [1.82, 2.24) is 5.32 Å². The summed E-state index contributed by atoms with van der Waals surface area (Å²) in [6, 6.07) is 6.61. The topological polar surface area (TPSA) is 50.7 Å². The first-order valence-electron chi connectivity index (χ1n) is 7.38. The maximum atomic E-state index is 9.15. The molecule has 0 bridgehead atoms. The standard InChI is InChI=1S/C16H25NO3/c1-11(2)14(6-7-18)17-12(3)13-4-5-15-16(10-13)20-9-8-19-15/h4-5,10-12,14,17-18H,6-9H2,1-3H3. The van der Waals surface area contributed by atoms with Crippen LogP contribution in [-0.4, -0.2) is 31.0 Å². The first-order valence-corrected chi connectivity index (χ1v) is 7.38. The smallest absolute Gasteiger partial charge is 0.161 e. The van der Waals surface area contributed by atoms with Gasteiger partial charge >= 0.3 is 0 Å². The molecule has 0 aromatic heterocycles. The number of rotatable bonds is 6. The fraction of sp³-hybridized carbons (Fsp3) is 0.625. The summed E-state index contributed by atoms with van der Waals surface area (Å²) in [6.45, 7) is 7.92. The Labute approximate surface area is 121 Å². The summed E-state index contributed by atoms with van der Waals surface area (Å²) in [6.07, 6.45) is 0.770. The molecule has 1 aliphatic rings. The predicted molar refractivity (Wildman–Crippen MR) is 79.3 cm³/mol. The highest BCUT2D eigenvalue weighted by atomic mass is 16.6. The van der Waals surface area contributed by atoms with Crippen molar-refractivity contribution in [1.29, 1.82) is 0 Å². The van der Waals surface area contributed by atoms with Crippen molar-refractivity contribution in [3.63, 3.8) is 0 Å². The van der Waals surface area contributed by atoms with Crippen LogP contribution in [0, 0.1) is 5.92 Å². The predicted octanol–water partition coefficient (Wildman–Crippen LogP) is 2.52. The molecule has 2 rings (SSSR count). The number of nitrogens with one attached hydrogen (secondary N) is 1. The van der Waals surface area contributed by atoms with Gasteiger partial charge < -0.3 is 19.9 Å². The molecule has 4 nitrogen and oxygen atoms in total. The molecule has 0 aliphatic carbocycles. The lowest BCUT2D eigenvalue weighted by molar-refractivity contribution is 0.171. The number of aliphatic hydroxyl groups excluding tert-OH is 1. The Kier molecular flexibility index (Phi) is 5.26. The summed E-state index contributed by atoms with van der Waals surface area (Å²) in [5, 5.41) is 12.7. The van der Waals surface area contributed by atoms with Gasteiger partial charge in [0.15, 0.2) is 11.5 Å². The molecule has 0 saturated heterocycles. The number of aliphatic hydroxyl groups is 1. The van der Waals surface area contributed by atoms with E-state index < -0.39 is 0 Å². The van der Waals surface area contributed by atoms with Gasteiger partial charge in [0, 0.05) is 18.7 Å². The van der Waals surface area contributed by atoms with Crippen LogP contribution in [0.4, 0.5) is 0 Å². The summed E-state index contributed by atoms with van der Waals surface area (Å²) in [5.41, 5.74) is 1.18. The van der Waals surface area contributed by atoms with Gasteiger partial charge in [0.05, 0.1) is 0 Å². The molecule has 0 saturated carbocycles. The van der Waals surface area contributed by atoms with Gasteiger partial charge in [0.25, 0.3) is 0 Å². The minimum Gasteiger partial charge on any atom is -0.486 e. The first-order chi connectivity index (χ1) is 9.61. The van der Waals surface area contributed by atoms with E-state index in [2.05, 4.69) is 32.2 Å². The van der Waals surface area contributed by atoms with Gasteiger partial charge in [-0.05, 0) is 37.0 Å². The van der Waals surface area contributed by atoms with E-state index in [1.54, 1.807) is 0 Å². The van der Waals surface area contributed by atoms with Gasteiger partial charge in [-0.1, -0.05) is 19.9 Å². The Morgan fingerprint density at radius 2 is 1.85 bits per heavy atom. The summed E-state index contributed by atoms with van der Waals surface area (Å²) in [4.78, 5) is 0. The van der Waals surface area contributed by atoms with Crippen LogP contribution in [0.2, 0.25) is 0 Å². The van der Waals surface area contributed by atoms with Crippen molar-refractivity contribution in [3.8, 4) is 11.5 Å². The Bertz CT molecular complexity index is 434. The minimum atomic E-state index is 0.212. The highest BCUT2D eigenvalue weighted by molar-refractivity contribution is 5.44. The fourth-order valence-electron chi connectivity index (χ4n) is 2.49. The molecule has 0 radical (unpaired) electrons. The lowest BCUT2D eigenvalue weighted by atomic mass is 9.98. The number of ether oxygens (including phenoxy) is 2. The van der Waals surface area contributed by atoms with Crippen LogP contribution < -0.4 is 14.8 Å². The summed E-state index contributed by atoms with van der Waals surface area (Å²) in [7, 11) is 0. The van der Waals surface area contributed by atoms with Gasteiger partial charge in [0.2, 0.25) is 0 Å². The number of benzene rings is 1. The van der Waals surface area contributed by atoms with E-state index in [1.807, 2.05) is 12.1 Å². The summed E-state index contributed by atoms with van der Waals surface area (Å²) >= 11 is 0. The molecule has 2 N–H and O–H groups in total. The summed E-state index contributed by atoms with van der Waals surface area (Å²) < 4.78 is 11.2. The molecular formula is C16H25NO3. The zero-order chi connectivity index (χ0) is 14.5. The van der Waals surface area contributed by atoms with E-state index in [4.69, 9.17) is 14.6 Å². The van der Waals surface area contributed by atoms with Crippen LogP contribution in [0.25, 0.3) is 0 Å². The zero-order valence-corrected chi connectivity index (χ0v) is 12.6. The van der Waals surface area contributed by atoms with Crippen molar-refractivity contribution in [2.24, 2.45) is 5.92 Å². The second kappa shape index (κ2) is 6.95. The third kappa shape index (κ3) is 3.64. The largest absolute Gasteiger partial charge is 0.486 e.